The molecule has 0 unspecified atom stereocenters. The maximum absolute atomic E-state index is 13.0. The fourth-order valence-electron chi connectivity index (χ4n) is 4.12. The fourth-order valence-corrected chi connectivity index (χ4v) is 4.12. The maximum atomic E-state index is 13.0. The largest absolute Gasteiger partial charge is 0.342 e. The number of hydrogen-bond acceptors (Lipinski definition) is 3. The third kappa shape index (κ3) is 5.06. The lowest BCUT2D eigenvalue weighted by atomic mass is 9.92. The van der Waals surface area contributed by atoms with E-state index in [1.807, 2.05) is 18.7 Å². The van der Waals surface area contributed by atoms with Crippen LogP contribution >= 0.6 is 0 Å². The van der Waals surface area contributed by atoms with Crippen LogP contribution in [0.1, 0.15) is 39.5 Å². The molecule has 2 heterocycles. The van der Waals surface area contributed by atoms with Gasteiger partial charge in [-0.05, 0) is 63.0 Å². The molecule has 2 amide bonds. The summed E-state index contributed by atoms with van der Waals surface area (Å²) in [6, 6.07) is 6.41. The lowest BCUT2D eigenvalue weighted by molar-refractivity contribution is -0.136. The first kappa shape index (κ1) is 19.8. The molecule has 1 aromatic rings. The number of halogens is 1. The highest BCUT2D eigenvalue weighted by Crippen LogP contribution is 2.25. The molecule has 0 aliphatic carbocycles. The van der Waals surface area contributed by atoms with Crippen LogP contribution in [0.4, 0.5) is 10.1 Å². The van der Waals surface area contributed by atoms with Crippen molar-refractivity contribution >= 4 is 17.5 Å². The number of piperidine rings is 2. The highest BCUT2D eigenvalue weighted by molar-refractivity contribution is 5.92. The van der Waals surface area contributed by atoms with Crippen molar-refractivity contribution in [2.75, 3.05) is 31.5 Å². The summed E-state index contributed by atoms with van der Waals surface area (Å²) in [7, 11) is 0. The maximum Gasteiger partial charge on any atom is 0.227 e. The van der Waals surface area contributed by atoms with Crippen molar-refractivity contribution in [2.24, 2.45) is 11.8 Å². The number of amides is 2. The van der Waals surface area contributed by atoms with Gasteiger partial charge in [0.25, 0.3) is 0 Å². The molecule has 0 atom stereocenters. The predicted molar refractivity (Wildman–Crippen MR) is 104 cm³/mol. The minimum Gasteiger partial charge on any atom is -0.342 e. The molecule has 2 fully saturated rings. The van der Waals surface area contributed by atoms with Crippen LogP contribution in [0, 0.1) is 17.7 Å². The molecular formula is C21H30FN3O2. The van der Waals surface area contributed by atoms with Crippen molar-refractivity contribution in [1.82, 2.24) is 9.80 Å². The standard InChI is InChI=1S/C21H30FN3O2/c1-15(2)21(27)25-13-9-19(10-14-25)24-11-7-16(8-12-24)20(26)23-18-5-3-17(22)4-6-18/h3-6,15-16,19H,7-14H2,1-2H3,(H,23,26). The van der Waals surface area contributed by atoms with Crippen LogP contribution in [0.2, 0.25) is 0 Å². The van der Waals surface area contributed by atoms with Crippen LogP contribution in [0.25, 0.3) is 0 Å². The molecule has 6 heteroatoms. The van der Waals surface area contributed by atoms with E-state index in [2.05, 4.69) is 10.2 Å². The normalized spacial score (nSPS) is 20.1. The van der Waals surface area contributed by atoms with E-state index in [-0.39, 0.29) is 29.5 Å². The number of benzene rings is 1. The SMILES string of the molecule is CC(C)C(=O)N1CCC(N2CCC(C(=O)Nc3ccc(F)cc3)CC2)CC1. The van der Waals surface area contributed by atoms with Gasteiger partial charge in [-0.25, -0.2) is 4.39 Å². The topological polar surface area (TPSA) is 52.7 Å². The van der Waals surface area contributed by atoms with Gasteiger partial charge in [0.15, 0.2) is 0 Å². The van der Waals surface area contributed by atoms with Gasteiger partial charge in [0.1, 0.15) is 5.82 Å². The Balaban J connectivity index is 1.43. The van der Waals surface area contributed by atoms with E-state index in [9.17, 15) is 14.0 Å². The summed E-state index contributed by atoms with van der Waals surface area (Å²) >= 11 is 0. The predicted octanol–water partition coefficient (Wildman–Crippen LogP) is 3.12. The Labute approximate surface area is 160 Å². The Hall–Kier alpha value is -1.95. The van der Waals surface area contributed by atoms with Gasteiger partial charge in [0.2, 0.25) is 11.8 Å². The Morgan fingerprint density at radius 3 is 2.15 bits per heavy atom. The highest BCUT2D eigenvalue weighted by atomic mass is 19.1. The summed E-state index contributed by atoms with van der Waals surface area (Å²) in [5, 5.41) is 2.89. The van der Waals surface area contributed by atoms with Crippen LogP contribution in [-0.4, -0.2) is 53.8 Å². The number of nitrogens with zero attached hydrogens (tertiary/aromatic N) is 2. The van der Waals surface area contributed by atoms with E-state index in [1.165, 1.54) is 12.1 Å². The van der Waals surface area contributed by atoms with Crippen molar-refractivity contribution < 1.29 is 14.0 Å². The van der Waals surface area contributed by atoms with E-state index < -0.39 is 0 Å². The fraction of sp³-hybridized carbons (Fsp3) is 0.619. The van der Waals surface area contributed by atoms with Crippen LogP contribution < -0.4 is 5.32 Å². The van der Waals surface area contributed by atoms with Crippen LogP contribution in [-0.2, 0) is 9.59 Å². The molecule has 27 heavy (non-hydrogen) atoms. The number of rotatable bonds is 4. The van der Waals surface area contributed by atoms with Crippen LogP contribution in [0.3, 0.4) is 0 Å². The molecule has 0 radical (unpaired) electrons. The molecule has 1 aromatic carbocycles. The van der Waals surface area contributed by atoms with E-state index >= 15 is 0 Å². The van der Waals surface area contributed by atoms with E-state index in [0.29, 0.717) is 11.7 Å². The molecule has 5 nitrogen and oxygen atoms in total. The monoisotopic (exact) mass is 375 g/mol. The van der Waals surface area contributed by atoms with Crippen molar-refractivity contribution in [1.29, 1.82) is 0 Å². The third-order valence-electron chi connectivity index (χ3n) is 5.80. The summed E-state index contributed by atoms with van der Waals surface area (Å²) < 4.78 is 13.0. The Kier molecular flexibility index (Phi) is 6.47. The second kappa shape index (κ2) is 8.83. The number of anilines is 1. The third-order valence-corrected chi connectivity index (χ3v) is 5.80. The molecule has 0 bridgehead atoms. The molecule has 0 saturated carbocycles. The Morgan fingerprint density at radius 2 is 1.59 bits per heavy atom. The summed E-state index contributed by atoms with van der Waals surface area (Å²) in [5.74, 6) is 0.0523. The highest BCUT2D eigenvalue weighted by Gasteiger charge is 2.32. The first-order valence-electron chi connectivity index (χ1n) is 10.0. The van der Waals surface area contributed by atoms with Gasteiger partial charge < -0.3 is 15.1 Å². The van der Waals surface area contributed by atoms with Gasteiger partial charge >= 0.3 is 0 Å². The Bertz CT molecular complexity index is 646. The second-order valence-corrected chi connectivity index (χ2v) is 8.02. The van der Waals surface area contributed by atoms with Crippen LogP contribution in [0.5, 0.6) is 0 Å². The van der Waals surface area contributed by atoms with Gasteiger partial charge in [0, 0.05) is 36.7 Å². The van der Waals surface area contributed by atoms with Crippen LogP contribution in [0.15, 0.2) is 24.3 Å². The zero-order valence-electron chi connectivity index (χ0n) is 16.3. The summed E-state index contributed by atoms with van der Waals surface area (Å²) in [5.41, 5.74) is 0.644. The molecule has 3 rings (SSSR count). The van der Waals surface area contributed by atoms with Gasteiger partial charge in [0.05, 0.1) is 0 Å². The van der Waals surface area contributed by atoms with E-state index in [0.717, 1.165) is 51.9 Å². The average Bonchev–Trinajstić information content (AvgIpc) is 2.69. The molecule has 2 saturated heterocycles. The van der Waals surface area contributed by atoms with Crippen molar-refractivity contribution in [3.63, 3.8) is 0 Å². The first-order valence-corrected chi connectivity index (χ1v) is 10.0. The van der Waals surface area contributed by atoms with Crippen molar-refractivity contribution in [3.8, 4) is 0 Å². The zero-order chi connectivity index (χ0) is 19.4. The summed E-state index contributed by atoms with van der Waals surface area (Å²) in [6.07, 6.45) is 3.73. The van der Waals surface area contributed by atoms with Gasteiger partial charge in [-0.2, -0.15) is 0 Å². The summed E-state index contributed by atoms with van der Waals surface area (Å²) in [4.78, 5) is 29.0. The zero-order valence-corrected chi connectivity index (χ0v) is 16.3. The number of likely N-dealkylation sites (tertiary alicyclic amines) is 2. The number of nitrogens with one attached hydrogen (secondary N) is 1. The quantitative estimate of drug-likeness (QED) is 0.880. The summed E-state index contributed by atoms with van der Waals surface area (Å²) in [6.45, 7) is 7.43. The minimum atomic E-state index is -0.303. The second-order valence-electron chi connectivity index (χ2n) is 8.02. The van der Waals surface area contributed by atoms with Gasteiger partial charge in [-0.1, -0.05) is 13.8 Å². The lowest BCUT2D eigenvalue weighted by Gasteiger charge is -2.41. The van der Waals surface area contributed by atoms with Crippen molar-refractivity contribution in [2.45, 2.75) is 45.6 Å². The molecule has 2 aliphatic rings. The molecular weight excluding hydrogens is 345 g/mol. The Morgan fingerprint density at radius 1 is 1.00 bits per heavy atom. The number of carbonyl (C=O) groups is 2. The first-order chi connectivity index (χ1) is 12.9. The molecule has 2 aliphatic heterocycles. The smallest absolute Gasteiger partial charge is 0.227 e. The van der Waals surface area contributed by atoms with Crippen molar-refractivity contribution in [3.05, 3.63) is 30.1 Å². The molecule has 1 N–H and O–H groups in total. The van der Waals surface area contributed by atoms with Gasteiger partial charge in [-0.3, -0.25) is 9.59 Å². The average molecular weight is 375 g/mol. The molecule has 148 valence electrons. The van der Waals surface area contributed by atoms with E-state index in [1.54, 1.807) is 12.1 Å². The minimum absolute atomic E-state index is 0.00825. The molecule has 0 aromatic heterocycles. The van der Waals surface area contributed by atoms with E-state index in [4.69, 9.17) is 0 Å². The van der Waals surface area contributed by atoms with Gasteiger partial charge in [-0.15, -0.1) is 0 Å². The number of carbonyl (C=O) groups excluding carboxylic acids is 2. The molecule has 0 spiro atoms. The lowest BCUT2D eigenvalue weighted by Crippen LogP contribution is -2.50. The number of hydrogen-bond donors (Lipinski definition) is 1.